The number of anilines is 2. The van der Waals surface area contributed by atoms with Crippen molar-refractivity contribution in [1.82, 2.24) is 0 Å². The van der Waals surface area contributed by atoms with Gasteiger partial charge in [-0.05, 0) is 55.3 Å². The van der Waals surface area contributed by atoms with Crippen molar-refractivity contribution in [2.75, 3.05) is 30.4 Å². The lowest BCUT2D eigenvalue weighted by Crippen LogP contribution is -2.39. The van der Waals surface area contributed by atoms with Crippen LogP contribution in [0.1, 0.15) is 23.2 Å². The van der Waals surface area contributed by atoms with E-state index in [1.807, 2.05) is 24.3 Å². The van der Waals surface area contributed by atoms with E-state index >= 15 is 0 Å². The van der Waals surface area contributed by atoms with Crippen LogP contribution in [0.4, 0.5) is 15.8 Å². The van der Waals surface area contributed by atoms with Gasteiger partial charge >= 0.3 is 0 Å². The second-order valence-corrected chi connectivity index (χ2v) is 5.96. The van der Waals surface area contributed by atoms with Crippen LogP contribution in [0.25, 0.3) is 0 Å². The molecule has 0 aliphatic carbocycles. The molecule has 126 valence electrons. The molecule has 1 N–H and O–H groups in total. The van der Waals surface area contributed by atoms with E-state index in [1.165, 1.54) is 18.2 Å². The van der Waals surface area contributed by atoms with Crippen molar-refractivity contribution < 1.29 is 13.9 Å². The number of ether oxygens (including phenoxy) is 1. The van der Waals surface area contributed by atoms with Crippen LogP contribution in [0.5, 0.6) is 0 Å². The molecule has 1 heterocycles. The highest BCUT2D eigenvalue weighted by Crippen LogP contribution is 2.23. The molecule has 5 heteroatoms. The Morgan fingerprint density at radius 1 is 1.25 bits per heavy atom. The van der Waals surface area contributed by atoms with Gasteiger partial charge < -0.3 is 15.0 Å². The topological polar surface area (TPSA) is 41.6 Å². The van der Waals surface area contributed by atoms with E-state index in [1.54, 1.807) is 13.2 Å². The number of carbonyl (C=O) groups is 1. The van der Waals surface area contributed by atoms with E-state index in [4.69, 9.17) is 4.74 Å². The molecule has 2 aromatic carbocycles. The molecule has 0 radical (unpaired) electrons. The van der Waals surface area contributed by atoms with Gasteiger partial charge in [0.2, 0.25) is 0 Å². The third-order valence-electron chi connectivity index (χ3n) is 4.29. The van der Waals surface area contributed by atoms with Crippen LogP contribution in [0, 0.1) is 5.82 Å². The van der Waals surface area contributed by atoms with Gasteiger partial charge in [0.05, 0.1) is 6.10 Å². The summed E-state index contributed by atoms with van der Waals surface area (Å²) in [6.07, 6.45) is 2.47. The third-order valence-corrected chi connectivity index (χ3v) is 4.29. The van der Waals surface area contributed by atoms with Gasteiger partial charge in [0.15, 0.2) is 0 Å². The zero-order chi connectivity index (χ0) is 16.9. The largest absolute Gasteiger partial charge is 0.380 e. The number of nitrogens with zero attached hydrogens (tertiary/aromatic N) is 1. The van der Waals surface area contributed by atoms with E-state index < -0.39 is 5.82 Å². The van der Waals surface area contributed by atoms with Gasteiger partial charge in [0, 0.05) is 37.1 Å². The molecule has 3 rings (SSSR count). The summed E-state index contributed by atoms with van der Waals surface area (Å²) in [5.74, 6) is -0.740. The Kier molecular flexibility index (Phi) is 5.11. The first-order valence-electron chi connectivity index (χ1n) is 8.10. The van der Waals surface area contributed by atoms with E-state index in [-0.39, 0.29) is 12.0 Å². The first-order chi connectivity index (χ1) is 11.7. The molecular formula is C19H21FN2O2. The van der Waals surface area contributed by atoms with Crippen molar-refractivity contribution in [3.63, 3.8) is 0 Å². The van der Waals surface area contributed by atoms with Crippen LogP contribution < -0.4 is 10.2 Å². The molecule has 1 atom stereocenters. The van der Waals surface area contributed by atoms with Crippen LogP contribution in [0.3, 0.4) is 0 Å². The molecule has 24 heavy (non-hydrogen) atoms. The molecular weight excluding hydrogens is 307 g/mol. The number of hydrogen-bond donors (Lipinski definition) is 1. The Hall–Kier alpha value is -2.40. The summed E-state index contributed by atoms with van der Waals surface area (Å²) >= 11 is 0. The Labute approximate surface area is 141 Å². The van der Waals surface area contributed by atoms with Gasteiger partial charge in [-0.3, -0.25) is 4.79 Å². The lowest BCUT2D eigenvalue weighted by Gasteiger charge is -2.33. The molecule has 1 aliphatic rings. The normalized spacial score (nSPS) is 17.6. The lowest BCUT2D eigenvalue weighted by atomic mass is 10.1. The summed E-state index contributed by atoms with van der Waals surface area (Å²) in [5, 5.41) is 2.79. The van der Waals surface area contributed by atoms with Gasteiger partial charge in [-0.25, -0.2) is 4.39 Å². The molecule has 0 unspecified atom stereocenters. The van der Waals surface area contributed by atoms with E-state index in [0.29, 0.717) is 11.3 Å². The Morgan fingerprint density at radius 3 is 2.75 bits per heavy atom. The Bertz CT molecular complexity index is 703. The van der Waals surface area contributed by atoms with Crippen LogP contribution in [0.15, 0.2) is 48.5 Å². The van der Waals surface area contributed by atoms with Gasteiger partial charge in [0.1, 0.15) is 5.82 Å². The summed E-state index contributed by atoms with van der Waals surface area (Å²) in [5.41, 5.74) is 2.10. The average Bonchev–Trinajstić information content (AvgIpc) is 2.62. The average molecular weight is 328 g/mol. The minimum absolute atomic E-state index is 0.270. The third kappa shape index (κ3) is 3.92. The summed E-state index contributed by atoms with van der Waals surface area (Å²) < 4.78 is 18.6. The van der Waals surface area contributed by atoms with Crippen molar-refractivity contribution in [3.8, 4) is 0 Å². The minimum atomic E-state index is -0.421. The minimum Gasteiger partial charge on any atom is -0.380 e. The number of amides is 1. The SMILES string of the molecule is CO[C@@H]1CCCN(c2ccc(NC(=O)c3cccc(F)c3)cc2)C1. The maximum Gasteiger partial charge on any atom is 0.255 e. The number of benzene rings is 2. The predicted octanol–water partition coefficient (Wildman–Crippen LogP) is 3.69. The fraction of sp³-hybridized carbons (Fsp3) is 0.316. The van der Waals surface area contributed by atoms with Crippen LogP contribution in [-0.2, 0) is 4.74 Å². The summed E-state index contributed by atoms with van der Waals surface area (Å²) in [4.78, 5) is 14.4. The lowest BCUT2D eigenvalue weighted by molar-refractivity contribution is 0.0893. The van der Waals surface area contributed by atoms with Gasteiger partial charge in [-0.15, -0.1) is 0 Å². The molecule has 1 saturated heterocycles. The molecule has 1 aliphatic heterocycles. The highest BCUT2D eigenvalue weighted by Gasteiger charge is 2.19. The van der Waals surface area contributed by atoms with Crippen LogP contribution >= 0.6 is 0 Å². The summed E-state index contributed by atoms with van der Waals surface area (Å²) in [7, 11) is 1.75. The number of methoxy groups -OCH3 is 1. The number of nitrogens with one attached hydrogen (secondary N) is 1. The Morgan fingerprint density at radius 2 is 2.04 bits per heavy atom. The molecule has 0 spiro atoms. The van der Waals surface area contributed by atoms with Crippen molar-refractivity contribution in [2.45, 2.75) is 18.9 Å². The van der Waals surface area contributed by atoms with Gasteiger partial charge in [-0.1, -0.05) is 6.07 Å². The predicted molar refractivity (Wildman–Crippen MR) is 93.0 cm³/mol. The number of piperidine rings is 1. The fourth-order valence-corrected chi connectivity index (χ4v) is 2.95. The molecule has 4 nitrogen and oxygen atoms in total. The zero-order valence-corrected chi connectivity index (χ0v) is 13.7. The highest BCUT2D eigenvalue weighted by atomic mass is 19.1. The van der Waals surface area contributed by atoms with Gasteiger partial charge in [-0.2, -0.15) is 0 Å². The van der Waals surface area contributed by atoms with Crippen LogP contribution in [0.2, 0.25) is 0 Å². The first-order valence-corrected chi connectivity index (χ1v) is 8.10. The first kappa shape index (κ1) is 16.5. The second kappa shape index (κ2) is 7.45. The molecule has 0 aromatic heterocycles. The number of rotatable bonds is 4. The second-order valence-electron chi connectivity index (χ2n) is 5.96. The Balaban J connectivity index is 1.65. The van der Waals surface area contributed by atoms with Crippen LogP contribution in [-0.4, -0.2) is 32.2 Å². The monoisotopic (exact) mass is 328 g/mol. The number of carbonyl (C=O) groups excluding carboxylic acids is 1. The van der Waals surface area contributed by atoms with E-state index in [0.717, 1.165) is 31.6 Å². The maximum absolute atomic E-state index is 13.2. The van der Waals surface area contributed by atoms with Crippen molar-refractivity contribution >= 4 is 17.3 Å². The molecule has 0 saturated carbocycles. The van der Waals surface area contributed by atoms with Crippen molar-refractivity contribution in [1.29, 1.82) is 0 Å². The number of hydrogen-bond acceptors (Lipinski definition) is 3. The van der Waals surface area contributed by atoms with E-state index in [2.05, 4.69) is 10.2 Å². The van der Waals surface area contributed by atoms with E-state index in [9.17, 15) is 9.18 Å². The highest BCUT2D eigenvalue weighted by molar-refractivity contribution is 6.04. The molecule has 1 amide bonds. The summed E-state index contributed by atoms with van der Waals surface area (Å²) in [6, 6.07) is 13.4. The smallest absolute Gasteiger partial charge is 0.255 e. The molecule has 1 fully saturated rings. The molecule has 0 bridgehead atoms. The maximum atomic E-state index is 13.2. The van der Waals surface area contributed by atoms with Gasteiger partial charge in [0.25, 0.3) is 5.91 Å². The fourth-order valence-electron chi connectivity index (χ4n) is 2.95. The quantitative estimate of drug-likeness (QED) is 0.930. The summed E-state index contributed by atoms with van der Waals surface area (Å²) in [6.45, 7) is 1.89. The van der Waals surface area contributed by atoms with Crippen molar-refractivity contribution in [3.05, 3.63) is 59.9 Å². The molecule has 2 aromatic rings. The standard InChI is InChI=1S/C19H21FN2O2/c1-24-18-6-3-11-22(13-18)17-9-7-16(8-10-17)21-19(23)14-4-2-5-15(20)12-14/h2,4-5,7-10,12,18H,3,6,11,13H2,1H3,(H,21,23)/t18-/m1/s1. The number of halogens is 1. The zero-order valence-electron chi connectivity index (χ0n) is 13.7. The van der Waals surface area contributed by atoms with Crippen molar-refractivity contribution in [2.24, 2.45) is 0 Å².